The number of benzene rings is 2. The van der Waals surface area contributed by atoms with Crippen LogP contribution in [0.3, 0.4) is 0 Å². The molecule has 0 spiro atoms. The molecule has 0 heterocycles. The summed E-state index contributed by atoms with van der Waals surface area (Å²) in [4.78, 5) is 1.92. The predicted octanol–water partition coefficient (Wildman–Crippen LogP) is 4.48. The van der Waals surface area contributed by atoms with Gasteiger partial charge in [-0.15, -0.1) is 0 Å². The van der Waals surface area contributed by atoms with Crippen LogP contribution >= 0.6 is 0 Å². The van der Waals surface area contributed by atoms with Gasteiger partial charge >= 0.3 is 0 Å². The molecule has 0 aliphatic rings. The molecule has 2 nitrogen and oxygen atoms in total. The predicted molar refractivity (Wildman–Crippen MR) is 80.9 cm³/mol. The van der Waals surface area contributed by atoms with E-state index in [9.17, 15) is 13.9 Å². The zero-order valence-corrected chi connectivity index (χ0v) is 12.4. The number of aliphatic hydroxyl groups excluding tert-OH is 1. The van der Waals surface area contributed by atoms with E-state index in [1.165, 1.54) is 18.2 Å². The summed E-state index contributed by atoms with van der Waals surface area (Å²) >= 11 is 0. The largest absolute Gasteiger partial charge is 0.389 e. The van der Waals surface area contributed by atoms with Crippen LogP contribution in [0.5, 0.6) is 0 Å². The summed E-state index contributed by atoms with van der Waals surface area (Å²) in [7, 11) is 0. The minimum absolute atomic E-state index is 0.305. The molecule has 0 bridgehead atoms. The highest BCUT2D eigenvalue weighted by Crippen LogP contribution is 2.34. The van der Waals surface area contributed by atoms with Crippen LogP contribution in [0.1, 0.15) is 31.1 Å². The van der Waals surface area contributed by atoms with Gasteiger partial charge in [0.25, 0.3) is 0 Å². The lowest BCUT2D eigenvalue weighted by molar-refractivity contribution is 0.199. The smallest absolute Gasteiger partial charge is 0.126 e. The Morgan fingerprint density at radius 2 is 1.76 bits per heavy atom. The first-order chi connectivity index (χ1) is 9.93. The van der Waals surface area contributed by atoms with Crippen LogP contribution in [-0.2, 0) is 0 Å². The average Bonchev–Trinajstić information content (AvgIpc) is 2.45. The molecule has 0 aromatic heterocycles. The van der Waals surface area contributed by atoms with Gasteiger partial charge in [-0.1, -0.05) is 0 Å². The summed E-state index contributed by atoms with van der Waals surface area (Å²) in [6, 6.07) is 9.19. The number of aliphatic hydroxyl groups is 1. The highest BCUT2D eigenvalue weighted by molar-refractivity contribution is 5.67. The Hall–Kier alpha value is -1.94. The van der Waals surface area contributed by atoms with E-state index in [1.807, 2.05) is 11.8 Å². The van der Waals surface area contributed by atoms with Gasteiger partial charge in [0.15, 0.2) is 0 Å². The third kappa shape index (κ3) is 3.22. The number of aryl methyl sites for hydroxylation is 1. The second-order valence-corrected chi connectivity index (χ2v) is 5.06. The molecule has 2 rings (SSSR count). The van der Waals surface area contributed by atoms with E-state index in [0.717, 1.165) is 11.4 Å². The lowest BCUT2D eigenvalue weighted by Gasteiger charge is -2.27. The van der Waals surface area contributed by atoms with E-state index >= 15 is 0 Å². The SMILES string of the molecule is CCN(c1ccc(F)cc1)c1cc(C)c(F)cc1[C@@H](C)O. The maximum Gasteiger partial charge on any atom is 0.126 e. The first kappa shape index (κ1) is 15.4. The molecule has 21 heavy (non-hydrogen) atoms. The maximum atomic E-state index is 13.8. The Morgan fingerprint density at radius 3 is 2.29 bits per heavy atom. The zero-order valence-electron chi connectivity index (χ0n) is 12.4. The van der Waals surface area contributed by atoms with Crippen molar-refractivity contribution in [3.05, 3.63) is 59.2 Å². The van der Waals surface area contributed by atoms with Crippen molar-refractivity contribution in [1.82, 2.24) is 0 Å². The fourth-order valence-corrected chi connectivity index (χ4v) is 2.36. The summed E-state index contributed by atoms with van der Waals surface area (Å²) in [6.45, 7) is 5.86. The van der Waals surface area contributed by atoms with E-state index in [-0.39, 0.29) is 11.6 Å². The van der Waals surface area contributed by atoms with E-state index < -0.39 is 6.10 Å². The molecule has 0 radical (unpaired) electrons. The fourth-order valence-electron chi connectivity index (χ4n) is 2.36. The van der Waals surface area contributed by atoms with Crippen LogP contribution in [0.25, 0.3) is 0 Å². The first-order valence-corrected chi connectivity index (χ1v) is 6.95. The summed E-state index contributed by atoms with van der Waals surface area (Å²) in [6.07, 6.45) is -0.787. The normalized spacial score (nSPS) is 12.3. The van der Waals surface area contributed by atoms with Crippen molar-refractivity contribution in [3.63, 3.8) is 0 Å². The summed E-state index contributed by atoms with van der Waals surface area (Å²) in [5.41, 5.74) is 2.56. The molecule has 112 valence electrons. The Labute approximate surface area is 123 Å². The van der Waals surface area contributed by atoms with Gasteiger partial charge in [-0.3, -0.25) is 0 Å². The van der Waals surface area contributed by atoms with Gasteiger partial charge in [-0.25, -0.2) is 8.78 Å². The van der Waals surface area contributed by atoms with Crippen LogP contribution < -0.4 is 4.90 Å². The maximum absolute atomic E-state index is 13.8. The van der Waals surface area contributed by atoms with Gasteiger partial charge in [0, 0.05) is 23.5 Å². The van der Waals surface area contributed by atoms with E-state index in [1.54, 1.807) is 32.0 Å². The zero-order chi connectivity index (χ0) is 15.6. The highest BCUT2D eigenvalue weighted by Gasteiger charge is 2.17. The highest BCUT2D eigenvalue weighted by atomic mass is 19.1. The van der Waals surface area contributed by atoms with E-state index in [4.69, 9.17) is 0 Å². The molecule has 0 unspecified atom stereocenters. The van der Waals surface area contributed by atoms with Crippen molar-refractivity contribution in [2.24, 2.45) is 0 Å². The van der Waals surface area contributed by atoms with Crippen molar-refractivity contribution in [2.75, 3.05) is 11.4 Å². The van der Waals surface area contributed by atoms with Gasteiger partial charge in [-0.05, 0) is 62.7 Å². The van der Waals surface area contributed by atoms with Crippen LogP contribution in [0.2, 0.25) is 0 Å². The molecule has 0 saturated carbocycles. The quantitative estimate of drug-likeness (QED) is 0.897. The lowest BCUT2D eigenvalue weighted by atomic mass is 10.0. The van der Waals surface area contributed by atoms with Crippen LogP contribution in [0, 0.1) is 18.6 Å². The van der Waals surface area contributed by atoms with Crippen molar-refractivity contribution in [1.29, 1.82) is 0 Å². The lowest BCUT2D eigenvalue weighted by Crippen LogP contribution is -2.19. The second-order valence-electron chi connectivity index (χ2n) is 5.06. The number of hydrogen-bond acceptors (Lipinski definition) is 2. The topological polar surface area (TPSA) is 23.5 Å². The van der Waals surface area contributed by atoms with Gasteiger partial charge in [0.1, 0.15) is 11.6 Å². The van der Waals surface area contributed by atoms with E-state index in [0.29, 0.717) is 17.7 Å². The number of rotatable bonds is 4. The molecule has 1 N–H and O–H groups in total. The Bertz CT molecular complexity index is 623. The molecule has 2 aromatic carbocycles. The number of hydrogen-bond donors (Lipinski definition) is 1. The van der Waals surface area contributed by atoms with Gasteiger partial charge in [-0.2, -0.15) is 0 Å². The monoisotopic (exact) mass is 291 g/mol. The third-order valence-corrected chi connectivity index (χ3v) is 3.50. The third-order valence-electron chi connectivity index (χ3n) is 3.50. The average molecular weight is 291 g/mol. The molecule has 2 aromatic rings. The van der Waals surface area contributed by atoms with Crippen LogP contribution in [0.4, 0.5) is 20.2 Å². The Balaban J connectivity index is 2.56. The molecule has 0 amide bonds. The minimum atomic E-state index is -0.787. The van der Waals surface area contributed by atoms with Crippen molar-refractivity contribution < 1.29 is 13.9 Å². The fraction of sp³-hybridized carbons (Fsp3) is 0.294. The molecular weight excluding hydrogens is 272 g/mol. The van der Waals surface area contributed by atoms with Gasteiger partial charge in [0.2, 0.25) is 0 Å². The van der Waals surface area contributed by atoms with Crippen molar-refractivity contribution in [2.45, 2.75) is 26.9 Å². The molecule has 0 aliphatic carbocycles. The van der Waals surface area contributed by atoms with E-state index in [2.05, 4.69) is 0 Å². The van der Waals surface area contributed by atoms with Gasteiger partial charge in [0.05, 0.1) is 6.10 Å². The summed E-state index contributed by atoms with van der Waals surface area (Å²) in [5, 5.41) is 9.90. The van der Waals surface area contributed by atoms with Crippen molar-refractivity contribution >= 4 is 11.4 Å². The summed E-state index contributed by atoms with van der Waals surface area (Å²) in [5.74, 6) is -0.648. The second kappa shape index (κ2) is 6.22. The first-order valence-electron chi connectivity index (χ1n) is 6.95. The number of anilines is 2. The van der Waals surface area contributed by atoms with Crippen LogP contribution in [-0.4, -0.2) is 11.7 Å². The Morgan fingerprint density at radius 1 is 1.14 bits per heavy atom. The standard InChI is InChI=1S/C17H19F2NO/c1-4-20(14-7-5-13(18)6-8-14)17-9-11(2)16(19)10-15(17)12(3)21/h5-10,12,21H,4H2,1-3H3/t12-/m1/s1. The molecule has 4 heteroatoms. The number of halogens is 2. The molecule has 1 atom stereocenters. The van der Waals surface area contributed by atoms with Gasteiger partial charge < -0.3 is 10.0 Å². The molecule has 0 fully saturated rings. The van der Waals surface area contributed by atoms with Crippen molar-refractivity contribution in [3.8, 4) is 0 Å². The molecule has 0 saturated heterocycles. The molecular formula is C17H19F2NO. The molecule has 0 aliphatic heterocycles. The minimum Gasteiger partial charge on any atom is -0.389 e. The Kier molecular flexibility index (Phi) is 4.58. The van der Waals surface area contributed by atoms with Crippen LogP contribution in [0.15, 0.2) is 36.4 Å². The summed E-state index contributed by atoms with van der Waals surface area (Å²) < 4.78 is 26.8. The number of nitrogens with zero attached hydrogens (tertiary/aromatic N) is 1.